The van der Waals surface area contributed by atoms with Gasteiger partial charge in [0.05, 0.1) is 22.3 Å². The molecule has 0 radical (unpaired) electrons. The fourth-order valence-electron chi connectivity index (χ4n) is 8.65. The molecule has 0 bridgehead atoms. The third-order valence-electron chi connectivity index (χ3n) is 11.5. The standard InChI is InChI=1S/C38H43F2N9O5/c1-45(24-13-18-47(19-14-24)26-5-3-6-27-31(26)46(2)38(53)49(27)28-11-12-29(50)42-35(28)52)21-22-7-9-23(10-8-22)36-43-30(32(39)40)37(54-36)44-34(51)25-15-20-48-17-4-16-41-33(25)48/h3-6,15-17,20,22-24,28,32H,7-14,18-19,21H2,1-2H3,(H,44,51)(H,42,50,52)/t22-,23-,28?. The lowest BCUT2D eigenvalue weighted by atomic mass is 9.81. The number of benzene rings is 1. The van der Waals surface area contributed by atoms with E-state index < -0.39 is 30.0 Å². The second-order valence-electron chi connectivity index (χ2n) is 14.8. The van der Waals surface area contributed by atoms with Crippen LogP contribution in [0.4, 0.5) is 20.4 Å². The molecule has 4 aromatic heterocycles. The molecule has 284 valence electrons. The fraction of sp³-hybridized carbons (Fsp3) is 0.474. The van der Waals surface area contributed by atoms with E-state index in [4.69, 9.17) is 4.42 Å². The monoisotopic (exact) mass is 743 g/mol. The molecule has 2 N–H and O–H groups in total. The number of anilines is 2. The smallest absolute Gasteiger partial charge is 0.329 e. The molecule has 3 amide bonds. The maximum Gasteiger partial charge on any atom is 0.329 e. The van der Waals surface area contributed by atoms with Crippen molar-refractivity contribution in [3.63, 3.8) is 0 Å². The maximum atomic E-state index is 14.0. The first-order valence-electron chi connectivity index (χ1n) is 18.6. The molecule has 54 heavy (non-hydrogen) atoms. The van der Waals surface area contributed by atoms with E-state index in [2.05, 4.69) is 37.4 Å². The van der Waals surface area contributed by atoms with Gasteiger partial charge >= 0.3 is 5.69 Å². The van der Waals surface area contributed by atoms with Gasteiger partial charge in [-0.1, -0.05) is 6.07 Å². The maximum absolute atomic E-state index is 14.0. The first-order chi connectivity index (χ1) is 26.1. The number of carbonyl (C=O) groups is 3. The van der Waals surface area contributed by atoms with Crippen LogP contribution in [0, 0.1) is 5.92 Å². The molecule has 16 heteroatoms. The Morgan fingerprint density at radius 3 is 2.56 bits per heavy atom. The Bertz CT molecular complexity index is 2280. The number of oxazole rings is 1. The summed E-state index contributed by atoms with van der Waals surface area (Å²) in [5.74, 6) is -1.11. The lowest BCUT2D eigenvalue weighted by molar-refractivity contribution is -0.135. The lowest BCUT2D eigenvalue weighted by Crippen LogP contribution is -2.45. The van der Waals surface area contributed by atoms with Gasteiger partial charge in [0.2, 0.25) is 17.7 Å². The molecule has 1 aromatic carbocycles. The molecular formula is C38H43F2N9O5. The van der Waals surface area contributed by atoms with Crippen LogP contribution in [0.25, 0.3) is 16.7 Å². The van der Waals surface area contributed by atoms with Crippen molar-refractivity contribution in [1.82, 2.24) is 33.7 Å². The minimum absolute atomic E-state index is 0.113. The number of imide groups is 1. The zero-order chi connectivity index (χ0) is 37.7. The van der Waals surface area contributed by atoms with Crippen molar-refractivity contribution in [2.24, 2.45) is 13.0 Å². The highest BCUT2D eigenvalue weighted by molar-refractivity contribution is 6.08. The number of carbonyl (C=O) groups excluding carboxylic acids is 3. The highest BCUT2D eigenvalue weighted by atomic mass is 19.3. The van der Waals surface area contributed by atoms with Crippen molar-refractivity contribution in [1.29, 1.82) is 0 Å². The van der Waals surface area contributed by atoms with Crippen molar-refractivity contribution >= 4 is 46.0 Å². The zero-order valence-electron chi connectivity index (χ0n) is 30.2. The average Bonchev–Trinajstić information content (AvgIpc) is 3.87. The van der Waals surface area contributed by atoms with E-state index in [-0.39, 0.29) is 41.3 Å². The van der Waals surface area contributed by atoms with Crippen molar-refractivity contribution < 1.29 is 27.6 Å². The van der Waals surface area contributed by atoms with Crippen LogP contribution in [-0.2, 0) is 16.6 Å². The molecule has 6 heterocycles. The molecule has 0 spiro atoms. The van der Waals surface area contributed by atoms with E-state index >= 15 is 0 Å². The summed E-state index contributed by atoms with van der Waals surface area (Å²) in [6.45, 7) is 2.54. The third-order valence-corrected chi connectivity index (χ3v) is 11.5. The summed E-state index contributed by atoms with van der Waals surface area (Å²) in [5.41, 5.74) is 2.24. The van der Waals surface area contributed by atoms with E-state index in [1.165, 1.54) is 4.57 Å². The van der Waals surface area contributed by atoms with Gasteiger partial charge in [-0.05, 0) is 82.2 Å². The summed E-state index contributed by atoms with van der Waals surface area (Å²) in [4.78, 5) is 64.0. The highest BCUT2D eigenvalue weighted by Crippen LogP contribution is 2.40. The summed E-state index contributed by atoms with van der Waals surface area (Å²) in [5, 5.41) is 4.88. The number of piperidine rings is 2. The fourth-order valence-corrected chi connectivity index (χ4v) is 8.65. The van der Waals surface area contributed by atoms with Gasteiger partial charge in [-0.2, -0.15) is 0 Å². The van der Waals surface area contributed by atoms with Gasteiger partial charge in [-0.3, -0.25) is 34.2 Å². The van der Waals surface area contributed by atoms with Crippen LogP contribution >= 0.6 is 0 Å². The third kappa shape index (κ3) is 6.56. The van der Waals surface area contributed by atoms with Crippen LogP contribution in [0.1, 0.15) is 91.7 Å². The molecular weight excluding hydrogens is 700 g/mol. The van der Waals surface area contributed by atoms with Crippen molar-refractivity contribution in [3.05, 3.63) is 76.6 Å². The molecule has 2 aliphatic heterocycles. The van der Waals surface area contributed by atoms with Gasteiger partial charge in [0.25, 0.3) is 12.3 Å². The largest absolute Gasteiger partial charge is 0.424 e. The molecule has 8 rings (SSSR count). The molecule has 1 saturated carbocycles. The molecule has 2 saturated heterocycles. The van der Waals surface area contributed by atoms with Gasteiger partial charge in [-0.15, -0.1) is 0 Å². The number of nitrogens with one attached hydrogen (secondary N) is 2. The van der Waals surface area contributed by atoms with Gasteiger partial charge in [0.15, 0.2) is 11.6 Å². The Hall–Kier alpha value is -5.38. The van der Waals surface area contributed by atoms with Gasteiger partial charge in [0, 0.05) is 63.7 Å². The first kappa shape index (κ1) is 35.6. The van der Waals surface area contributed by atoms with Gasteiger partial charge in [-0.25, -0.2) is 23.5 Å². The Labute approximate surface area is 309 Å². The van der Waals surface area contributed by atoms with E-state index in [1.54, 1.807) is 46.7 Å². The Morgan fingerprint density at radius 2 is 1.81 bits per heavy atom. The van der Waals surface area contributed by atoms with E-state index in [9.17, 15) is 28.0 Å². The summed E-state index contributed by atoms with van der Waals surface area (Å²) in [7, 11) is 3.89. The average molecular weight is 744 g/mol. The number of hydrogen-bond acceptors (Lipinski definition) is 9. The molecule has 1 aliphatic carbocycles. The SMILES string of the molecule is CN(C[C@H]1CC[C@H](c2nc(C(F)F)c(NC(=O)c3ccn4cccnc34)o2)CC1)C1CCN(c2cccc3c2n(C)c(=O)n3C2CCC(=O)NC2=O)CC1. The number of nitrogens with zero attached hydrogens (tertiary/aromatic N) is 7. The molecule has 14 nitrogen and oxygen atoms in total. The lowest BCUT2D eigenvalue weighted by Gasteiger charge is -2.40. The van der Waals surface area contributed by atoms with Crippen LogP contribution in [0.5, 0.6) is 0 Å². The predicted molar refractivity (Wildman–Crippen MR) is 196 cm³/mol. The summed E-state index contributed by atoms with van der Waals surface area (Å²) in [6.07, 6.45) is 7.77. The van der Waals surface area contributed by atoms with Crippen LogP contribution in [0.3, 0.4) is 0 Å². The number of imidazole rings is 1. The second kappa shape index (κ2) is 14.5. The van der Waals surface area contributed by atoms with Crippen LogP contribution in [0.2, 0.25) is 0 Å². The van der Waals surface area contributed by atoms with Crippen molar-refractivity contribution in [2.75, 3.05) is 36.9 Å². The number of para-hydroxylation sites is 1. The van der Waals surface area contributed by atoms with E-state index in [1.807, 2.05) is 18.2 Å². The van der Waals surface area contributed by atoms with Gasteiger partial charge < -0.3 is 18.6 Å². The number of aryl methyl sites for hydroxylation is 1. The van der Waals surface area contributed by atoms with E-state index in [0.29, 0.717) is 29.5 Å². The number of halogens is 2. The Morgan fingerprint density at radius 1 is 1.04 bits per heavy atom. The topological polar surface area (TPSA) is 152 Å². The summed E-state index contributed by atoms with van der Waals surface area (Å²) < 4.78 is 38.7. The number of rotatable bonds is 9. The molecule has 3 fully saturated rings. The summed E-state index contributed by atoms with van der Waals surface area (Å²) >= 11 is 0. The number of hydrogen-bond donors (Lipinski definition) is 2. The van der Waals surface area contributed by atoms with E-state index in [0.717, 1.165) is 69.4 Å². The minimum Gasteiger partial charge on any atom is -0.424 e. The minimum atomic E-state index is -2.91. The predicted octanol–water partition coefficient (Wildman–Crippen LogP) is 5.02. The normalized spacial score (nSPS) is 21.4. The second-order valence-corrected chi connectivity index (χ2v) is 14.8. The van der Waals surface area contributed by atoms with Crippen molar-refractivity contribution in [2.45, 2.75) is 75.8 Å². The zero-order valence-corrected chi connectivity index (χ0v) is 30.2. The van der Waals surface area contributed by atoms with Crippen molar-refractivity contribution in [3.8, 4) is 0 Å². The Balaban J connectivity index is 0.868. The number of alkyl halides is 2. The molecule has 1 unspecified atom stereocenters. The molecule has 5 aromatic rings. The quantitative estimate of drug-likeness (QED) is 0.199. The van der Waals surface area contributed by atoms with Crippen LogP contribution < -0.4 is 21.2 Å². The highest BCUT2D eigenvalue weighted by Gasteiger charge is 2.34. The molecule has 1 atom stereocenters. The number of aromatic nitrogens is 5. The van der Waals surface area contributed by atoms with Crippen LogP contribution in [-0.4, -0.2) is 78.8 Å². The van der Waals surface area contributed by atoms with Gasteiger partial charge in [0.1, 0.15) is 11.7 Å². The molecule has 3 aliphatic rings. The Kier molecular flexibility index (Phi) is 9.54. The summed E-state index contributed by atoms with van der Waals surface area (Å²) in [6, 6.07) is 8.77. The van der Waals surface area contributed by atoms with Crippen LogP contribution in [0.15, 0.2) is 58.1 Å². The number of amides is 3. The number of fused-ring (bicyclic) bond motifs is 2. The first-order valence-corrected chi connectivity index (χ1v) is 18.6.